The van der Waals surface area contributed by atoms with Crippen LogP contribution in [0.15, 0.2) is 76.4 Å². The molecule has 8 nitrogen and oxygen atoms in total. The molecule has 0 saturated heterocycles. The first kappa shape index (κ1) is 18.4. The van der Waals surface area contributed by atoms with E-state index in [9.17, 15) is 14.9 Å². The van der Waals surface area contributed by atoms with Crippen molar-refractivity contribution in [1.82, 2.24) is 5.01 Å². The Labute approximate surface area is 166 Å². The summed E-state index contributed by atoms with van der Waals surface area (Å²) < 4.78 is 10.5. The van der Waals surface area contributed by atoms with Crippen molar-refractivity contribution in [1.29, 1.82) is 0 Å². The Bertz CT molecular complexity index is 1090. The third-order valence-corrected chi connectivity index (χ3v) is 4.72. The van der Waals surface area contributed by atoms with E-state index >= 15 is 0 Å². The van der Waals surface area contributed by atoms with E-state index in [2.05, 4.69) is 5.10 Å². The molecule has 29 heavy (non-hydrogen) atoms. The number of nitro benzene ring substituents is 1. The zero-order chi connectivity index (χ0) is 20.4. The van der Waals surface area contributed by atoms with Gasteiger partial charge in [-0.05, 0) is 29.8 Å². The standard InChI is InChI=1S/C21H17N3O5/c1-28-17-8-3-5-14(12-17)18-13-19(15-6-2-7-16(11-15)24(26)27)23(22-18)21(25)20-9-4-10-29-20/h2-12,19H,13H2,1H3. The van der Waals surface area contributed by atoms with Crippen LogP contribution in [-0.4, -0.2) is 28.7 Å². The summed E-state index contributed by atoms with van der Waals surface area (Å²) >= 11 is 0. The van der Waals surface area contributed by atoms with Crippen LogP contribution in [0.5, 0.6) is 5.75 Å². The molecule has 0 N–H and O–H groups in total. The smallest absolute Gasteiger partial charge is 0.310 e. The molecule has 2 heterocycles. The number of nitrogens with zero attached hydrogens (tertiary/aromatic N) is 3. The Balaban J connectivity index is 1.75. The Hall–Kier alpha value is -3.94. The molecule has 0 radical (unpaired) electrons. The SMILES string of the molecule is COc1cccc(C2=NN(C(=O)c3ccco3)C(c3cccc([N+](=O)[O-])c3)C2)c1. The van der Waals surface area contributed by atoms with Crippen molar-refractivity contribution < 1.29 is 18.9 Å². The molecule has 146 valence electrons. The van der Waals surface area contributed by atoms with Gasteiger partial charge in [-0.3, -0.25) is 14.9 Å². The van der Waals surface area contributed by atoms with Crippen LogP contribution in [0.3, 0.4) is 0 Å². The summed E-state index contributed by atoms with van der Waals surface area (Å²) in [6.07, 6.45) is 1.82. The van der Waals surface area contributed by atoms with Gasteiger partial charge in [-0.1, -0.05) is 24.3 Å². The number of furan rings is 1. The number of carbonyl (C=O) groups is 1. The number of ether oxygens (including phenoxy) is 1. The summed E-state index contributed by atoms with van der Waals surface area (Å²) in [5, 5.41) is 17.1. The summed E-state index contributed by atoms with van der Waals surface area (Å²) in [5.41, 5.74) is 2.08. The molecule has 1 atom stereocenters. The van der Waals surface area contributed by atoms with Crippen LogP contribution in [0.2, 0.25) is 0 Å². The lowest BCUT2D eigenvalue weighted by Gasteiger charge is -2.20. The number of hydrazone groups is 1. The van der Waals surface area contributed by atoms with E-state index in [0.29, 0.717) is 23.4 Å². The van der Waals surface area contributed by atoms with Crippen molar-refractivity contribution in [3.8, 4) is 5.75 Å². The van der Waals surface area contributed by atoms with Gasteiger partial charge in [0, 0.05) is 24.1 Å². The van der Waals surface area contributed by atoms with Crippen molar-refractivity contribution in [3.05, 3.63) is 93.9 Å². The predicted octanol–water partition coefficient (Wildman–Crippen LogP) is 4.19. The average Bonchev–Trinajstić information content (AvgIpc) is 3.44. The normalized spacial score (nSPS) is 15.8. The summed E-state index contributed by atoms with van der Waals surface area (Å²) in [4.78, 5) is 23.7. The lowest BCUT2D eigenvalue weighted by Crippen LogP contribution is -2.26. The van der Waals surface area contributed by atoms with Crippen LogP contribution in [0, 0.1) is 10.1 Å². The van der Waals surface area contributed by atoms with Gasteiger partial charge in [0.25, 0.3) is 5.69 Å². The number of hydrogen-bond acceptors (Lipinski definition) is 6. The van der Waals surface area contributed by atoms with Crippen LogP contribution in [0.25, 0.3) is 0 Å². The number of non-ortho nitro benzene ring substituents is 1. The van der Waals surface area contributed by atoms with E-state index in [4.69, 9.17) is 9.15 Å². The van der Waals surface area contributed by atoms with E-state index in [1.807, 2.05) is 24.3 Å². The van der Waals surface area contributed by atoms with Gasteiger partial charge >= 0.3 is 5.91 Å². The van der Waals surface area contributed by atoms with E-state index in [1.54, 1.807) is 31.4 Å². The summed E-state index contributed by atoms with van der Waals surface area (Å²) in [7, 11) is 1.58. The van der Waals surface area contributed by atoms with Crippen molar-refractivity contribution in [2.45, 2.75) is 12.5 Å². The molecule has 0 saturated carbocycles. The van der Waals surface area contributed by atoms with Crippen LogP contribution in [0.1, 0.15) is 34.1 Å². The van der Waals surface area contributed by atoms with Gasteiger partial charge in [-0.15, -0.1) is 0 Å². The highest BCUT2D eigenvalue weighted by atomic mass is 16.6. The van der Waals surface area contributed by atoms with Crippen molar-refractivity contribution in [2.24, 2.45) is 5.10 Å². The third kappa shape index (κ3) is 3.60. The molecule has 1 aromatic heterocycles. The molecule has 2 aromatic carbocycles. The molecule has 0 spiro atoms. The molecule has 1 unspecified atom stereocenters. The highest BCUT2D eigenvalue weighted by Gasteiger charge is 2.35. The van der Waals surface area contributed by atoms with E-state index in [-0.39, 0.29) is 11.4 Å². The summed E-state index contributed by atoms with van der Waals surface area (Å²) in [6, 6.07) is 16.3. The van der Waals surface area contributed by atoms with Gasteiger partial charge in [0.1, 0.15) is 5.75 Å². The van der Waals surface area contributed by atoms with Crippen LogP contribution in [0.4, 0.5) is 5.69 Å². The molecule has 0 fully saturated rings. The number of nitro groups is 1. The molecule has 3 aromatic rings. The van der Waals surface area contributed by atoms with Gasteiger partial charge in [0.05, 0.1) is 30.0 Å². The zero-order valence-electron chi connectivity index (χ0n) is 15.5. The van der Waals surface area contributed by atoms with Crippen LogP contribution >= 0.6 is 0 Å². The largest absolute Gasteiger partial charge is 0.497 e. The lowest BCUT2D eigenvalue weighted by molar-refractivity contribution is -0.384. The Morgan fingerprint density at radius 2 is 2.03 bits per heavy atom. The van der Waals surface area contributed by atoms with Gasteiger partial charge in [0.15, 0.2) is 5.76 Å². The number of amides is 1. The third-order valence-electron chi connectivity index (χ3n) is 4.72. The van der Waals surface area contributed by atoms with E-state index < -0.39 is 16.9 Å². The number of carbonyl (C=O) groups excluding carboxylic acids is 1. The quantitative estimate of drug-likeness (QED) is 0.480. The summed E-state index contributed by atoms with van der Waals surface area (Å²) in [5.74, 6) is 0.411. The van der Waals surface area contributed by atoms with E-state index in [0.717, 1.165) is 5.56 Å². The molecule has 0 bridgehead atoms. The molecule has 8 heteroatoms. The maximum absolute atomic E-state index is 13.0. The minimum Gasteiger partial charge on any atom is -0.497 e. The highest BCUT2D eigenvalue weighted by molar-refractivity contribution is 6.04. The van der Waals surface area contributed by atoms with Crippen LogP contribution in [-0.2, 0) is 0 Å². The number of hydrogen-bond donors (Lipinski definition) is 0. The second-order valence-electron chi connectivity index (χ2n) is 6.48. The minimum absolute atomic E-state index is 0.0391. The van der Waals surface area contributed by atoms with Gasteiger partial charge < -0.3 is 9.15 Å². The fraction of sp³-hybridized carbons (Fsp3) is 0.143. The molecule has 1 amide bonds. The fourth-order valence-electron chi connectivity index (χ4n) is 3.29. The van der Waals surface area contributed by atoms with Gasteiger partial charge in [-0.2, -0.15) is 5.10 Å². The minimum atomic E-state index is -0.492. The van der Waals surface area contributed by atoms with Gasteiger partial charge in [-0.25, -0.2) is 5.01 Å². The average molecular weight is 391 g/mol. The lowest BCUT2D eigenvalue weighted by atomic mass is 9.98. The first-order valence-corrected chi connectivity index (χ1v) is 8.90. The monoisotopic (exact) mass is 391 g/mol. The van der Waals surface area contributed by atoms with Crippen molar-refractivity contribution in [2.75, 3.05) is 7.11 Å². The molecule has 0 aliphatic carbocycles. The molecular formula is C21H17N3O5. The van der Waals surface area contributed by atoms with Crippen molar-refractivity contribution >= 4 is 17.3 Å². The second kappa shape index (κ2) is 7.59. The molecule has 4 rings (SSSR count). The Morgan fingerprint density at radius 1 is 1.21 bits per heavy atom. The summed E-state index contributed by atoms with van der Waals surface area (Å²) in [6.45, 7) is 0. The molecule has 1 aliphatic heterocycles. The first-order chi connectivity index (χ1) is 14.1. The van der Waals surface area contributed by atoms with Crippen LogP contribution < -0.4 is 4.74 Å². The maximum atomic E-state index is 13.0. The maximum Gasteiger partial charge on any atom is 0.310 e. The molecular weight excluding hydrogens is 374 g/mol. The number of methoxy groups -OCH3 is 1. The Kier molecular flexibility index (Phi) is 4.82. The predicted molar refractivity (Wildman–Crippen MR) is 105 cm³/mol. The zero-order valence-corrected chi connectivity index (χ0v) is 15.5. The highest BCUT2D eigenvalue weighted by Crippen LogP contribution is 2.35. The first-order valence-electron chi connectivity index (χ1n) is 8.90. The Morgan fingerprint density at radius 3 is 2.76 bits per heavy atom. The van der Waals surface area contributed by atoms with Gasteiger partial charge in [0.2, 0.25) is 0 Å². The second-order valence-corrected chi connectivity index (χ2v) is 6.48. The topological polar surface area (TPSA) is 98.2 Å². The number of rotatable bonds is 5. The van der Waals surface area contributed by atoms with Crippen molar-refractivity contribution in [3.63, 3.8) is 0 Å². The van der Waals surface area contributed by atoms with E-state index in [1.165, 1.54) is 23.4 Å². The number of benzene rings is 2. The molecule has 1 aliphatic rings. The fourth-order valence-corrected chi connectivity index (χ4v) is 3.29.